The molecule has 0 aliphatic carbocycles. The molecule has 3 nitrogen and oxygen atoms in total. The molecule has 10 heteroatoms. The molecule has 2 aromatic carbocycles. The quantitative estimate of drug-likeness (QED) is 0.280. The molecule has 1 unspecified atom stereocenters. The fourth-order valence-electron chi connectivity index (χ4n) is 2.68. The fraction of sp³-hybridized carbons (Fsp3) is 0.333. The van der Waals surface area contributed by atoms with E-state index in [4.69, 9.17) is 9.79 Å². The number of halogens is 3. The number of hydrogen-bond donors (Lipinski definition) is 3. The zero-order chi connectivity index (χ0) is 19.6. The first-order valence-corrected chi connectivity index (χ1v) is 10.8. The average Bonchev–Trinajstić information content (AvgIpc) is 2.54. The van der Waals surface area contributed by atoms with Crippen LogP contribution in [0.4, 0.5) is 8.78 Å². The van der Waals surface area contributed by atoms with Gasteiger partial charge in [0.1, 0.15) is 0 Å². The standard InChI is InChI=1S/C18H20BrF2O3PS.2Na.2H/c1-17(26,11-5-8-13-6-3-2-4-7-13)14-9-10-15(16(19)12-14)18(20,21)25(22,23)24;;;;/h2-4,6-7,9-10,12,26H,5,8,11H2,1H3,(H2,22,23,24);;;;/q;2*+1;2*-1. The van der Waals surface area contributed by atoms with Gasteiger partial charge in [-0.05, 0) is 43.4 Å². The molecule has 0 heterocycles. The summed E-state index contributed by atoms with van der Waals surface area (Å²) in [4.78, 5) is 17.8. The molecule has 2 N–H and O–H groups in total. The Morgan fingerprint density at radius 3 is 2.21 bits per heavy atom. The number of thiol groups is 1. The van der Waals surface area contributed by atoms with Crippen LogP contribution in [0.2, 0.25) is 0 Å². The smallest absolute Gasteiger partial charge is 1.00 e. The molecule has 0 saturated heterocycles. The van der Waals surface area contributed by atoms with E-state index in [2.05, 4.69) is 28.6 Å². The predicted octanol–water partition coefficient (Wildman–Crippen LogP) is 0.0770. The van der Waals surface area contributed by atoms with Crippen molar-refractivity contribution in [1.29, 1.82) is 0 Å². The summed E-state index contributed by atoms with van der Waals surface area (Å²) >= 11 is 7.69. The molecule has 0 aliphatic rings. The number of benzene rings is 2. The van der Waals surface area contributed by atoms with Crippen LogP contribution in [0.25, 0.3) is 0 Å². The Hall–Kier alpha value is 1.28. The van der Waals surface area contributed by atoms with Crippen molar-refractivity contribution >= 4 is 36.2 Å². The Morgan fingerprint density at radius 1 is 1.14 bits per heavy atom. The van der Waals surface area contributed by atoms with Crippen LogP contribution in [0.15, 0.2) is 53.0 Å². The molecule has 0 fully saturated rings. The van der Waals surface area contributed by atoms with E-state index < -0.39 is 23.6 Å². The SMILES string of the molecule is CC(S)(CCCc1ccccc1)c1ccc(C(F)(F)P(=O)(O)O)c(Br)c1.[H-].[H-].[Na+].[Na+]. The van der Waals surface area contributed by atoms with Crippen molar-refractivity contribution in [2.24, 2.45) is 0 Å². The van der Waals surface area contributed by atoms with Gasteiger partial charge in [-0.2, -0.15) is 21.4 Å². The van der Waals surface area contributed by atoms with Crippen molar-refractivity contribution in [1.82, 2.24) is 0 Å². The number of alkyl halides is 2. The molecule has 2 rings (SSSR count). The zero-order valence-electron chi connectivity index (χ0n) is 18.1. The average molecular weight is 513 g/mol. The monoisotopic (exact) mass is 512 g/mol. The third-order valence-corrected chi connectivity index (χ3v) is 6.36. The van der Waals surface area contributed by atoms with Gasteiger partial charge in [-0.15, -0.1) is 0 Å². The van der Waals surface area contributed by atoms with E-state index in [1.165, 1.54) is 17.7 Å². The summed E-state index contributed by atoms with van der Waals surface area (Å²) in [7, 11) is -5.61. The van der Waals surface area contributed by atoms with Gasteiger partial charge < -0.3 is 12.6 Å². The van der Waals surface area contributed by atoms with Crippen LogP contribution in [0.5, 0.6) is 0 Å². The van der Waals surface area contributed by atoms with Crippen molar-refractivity contribution in [3.05, 3.63) is 69.7 Å². The summed E-state index contributed by atoms with van der Waals surface area (Å²) in [6, 6.07) is 14.0. The Morgan fingerprint density at radius 2 is 1.71 bits per heavy atom. The van der Waals surface area contributed by atoms with Crippen LogP contribution >= 0.6 is 36.2 Å². The van der Waals surface area contributed by atoms with Crippen molar-refractivity contribution in [3.63, 3.8) is 0 Å². The van der Waals surface area contributed by atoms with Gasteiger partial charge in [-0.1, -0.05) is 58.4 Å². The zero-order valence-corrected chi connectivity index (χ0v) is 23.4. The van der Waals surface area contributed by atoms with Crippen LogP contribution in [0.3, 0.4) is 0 Å². The minimum absolute atomic E-state index is 0. The van der Waals surface area contributed by atoms with Crippen LogP contribution in [0.1, 0.15) is 39.3 Å². The minimum Gasteiger partial charge on any atom is -1.00 e. The van der Waals surface area contributed by atoms with E-state index in [1.54, 1.807) is 0 Å². The Labute approximate surface area is 225 Å². The molecule has 0 aliphatic heterocycles. The van der Waals surface area contributed by atoms with Gasteiger partial charge in [0.15, 0.2) is 0 Å². The molecule has 0 amide bonds. The molecular formula is C18H22BrF2Na2O3PS. The van der Waals surface area contributed by atoms with Gasteiger partial charge in [0, 0.05) is 14.8 Å². The molecular weight excluding hydrogens is 491 g/mol. The second kappa shape index (κ2) is 11.8. The fourth-order valence-corrected chi connectivity index (χ4v) is 4.26. The van der Waals surface area contributed by atoms with Crippen molar-refractivity contribution < 1.29 is 85.1 Å². The topological polar surface area (TPSA) is 57.5 Å². The van der Waals surface area contributed by atoms with E-state index >= 15 is 0 Å². The van der Waals surface area contributed by atoms with E-state index in [1.807, 2.05) is 37.3 Å². The summed E-state index contributed by atoms with van der Waals surface area (Å²) in [6.07, 6.45) is 2.46. The third kappa shape index (κ3) is 7.45. The third-order valence-electron chi connectivity index (χ3n) is 4.25. The molecule has 28 heavy (non-hydrogen) atoms. The molecule has 146 valence electrons. The van der Waals surface area contributed by atoms with E-state index in [-0.39, 0.29) is 66.4 Å². The van der Waals surface area contributed by atoms with Gasteiger partial charge in [0.25, 0.3) is 0 Å². The summed E-state index contributed by atoms with van der Waals surface area (Å²) in [5.41, 5.74) is -3.06. The second-order valence-electron chi connectivity index (χ2n) is 6.39. The first-order chi connectivity index (χ1) is 11.9. The Bertz CT molecular complexity index is 830. The summed E-state index contributed by atoms with van der Waals surface area (Å²) in [6.45, 7) is 1.89. The molecule has 0 bridgehead atoms. The minimum atomic E-state index is -5.61. The molecule has 0 saturated carbocycles. The van der Waals surface area contributed by atoms with Gasteiger partial charge in [0.2, 0.25) is 0 Å². The van der Waals surface area contributed by atoms with Crippen molar-refractivity contribution in [2.75, 3.05) is 0 Å². The maximum absolute atomic E-state index is 13.9. The molecule has 0 radical (unpaired) electrons. The van der Waals surface area contributed by atoms with Crippen LogP contribution in [-0.4, -0.2) is 9.79 Å². The molecule has 0 spiro atoms. The molecule has 0 aromatic heterocycles. The van der Waals surface area contributed by atoms with Crippen LogP contribution < -0.4 is 59.1 Å². The van der Waals surface area contributed by atoms with E-state index in [0.29, 0.717) is 12.0 Å². The summed E-state index contributed by atoms with van der Waals surface area (Å²) < 4.78 is 38.3. The second-order valence-corrected chi connectivity index (χ2v) is 9.88. The van der Waals surface area contributed by atoms with Gasteiger partial charge >= 0.3 is 72.4 Å². The normalized spacial score (nSPS) is 13.8. The van der Waals surface area contributed by atoms with Gasteiger partial charge in [-0.25, -0.2) is 0 Å². The summed E-state index contributed by atoms with van der Waals surface area (Å²) in [5, 5.41) is 0. The number of rotatable bonds is 7. The molecule has 1 atom stereocenters. The van der Waals surface area contributed by atoms with E-state index in [0.717, 1.165) is 18.9 Å². The van der Waals surface area contributed by atoms with Crippen LogP contribution in [0, 0.1) is 0 Å². The summed E-state index contributed by atoms with van der Waals surface area (Å²) in [5.74, 6) is 0. The Kier molecular flexibility index (Phi) is 12.3. The van der Waals surface area contributed by atoms with Gasteiger partial charge in [0.05, 0.1) is 0 Å². The number of hydrogen-bond acceptors (Lipinski definition) is 2. The van der Waals surface area contributed by atoms with Crippen LogP contribution in [-0.2, 0) is 21.4 Å². The largest absolute Gasteiger partial charge is 1.00 e. The maximum Gasteiger partial charge on any atom is 1.00 e. The molecule has 2 aromatic rings. The first-order valence-electron chi connectivity index (χ1n) is 7.95. The van der Waals surface area contributed by atoms with Crippen molar-refractivity contribution in [2.45, 2.75) is 36.6 Å². The Balaban J connectivity index is -0.00000182. The van der Waals surface area contributed by atoms with Crippen molar-refractivity contribution in [3.8, 4) is 0 Å². The van der Waals surface area contributed by atoms with E-state index in [9.17, 15) is 13.3 Å². The van der Waals surface area contributed by atoms with Gasteiger partial charge in [-0.3, -0.25) is 4.57 Å². The first kappa shape index (κ1) is 29.3. The number of aryl methyl sites for hydroxylation is 1. The predicted molar refractivity (Wildman–Crippen MR) is 108 cm³/mol. The maximum atomic E-state index is 13.9.